The van der Waals surface area contributed by atoms with Crippen molar-refractivity contribution in [2.45, 2.75) is 51.2 Å². The fourth-order valence-electron chi connectivity index (χ4n) is 2.88. The summed E-state index contributed by atoms with van der Waals surface area (Å²) in [6.07, 6.45) is 3.15. The van der Waals surface area contributed by atoms with Gasteiger partial charge >= 0.3 is 5.97 Å². The van der Waals surface area contributed by atoms with Crippen LogP contribution in [-0.4, -0.2) is 62.4 Å². The quantitative estimate of drug-likeness (QED) is 0.717. The molecule has 5 heteroatoms. The summed E-state index contributed by atoms with van der Waals surface area (Å²) >= 11 is 0. The van der Waals surface area contributed by atoms with Crippen molar-refractivity contribution in [3.8, 4) is 0 Å². The number of carbonyl (C=O) groups excluding carboxylic acids is 1. The minimum atomic E-state index is -0.656. The molecule has 0 aromatic carbocycles. The highest BCUT2D eigenvalue weighted by Crippen LogP contribution is 2.25. The number of hydrogen-bond donors (Lipinski definition) is 1. The van der Waals surface area contributed by atoms with E-state index in [1.54, 1.807) is 7.11 Å². The molecule has 0 aromatic heterocycles. The molecule has 1 fully saturated rings. The van der Waals surface area contributed by atoms with Gasteiger partial charge in [-0.3, -0.25) is 9.69 Å². The molecule has 0 saturated carbocycles. The zero-order valence-electron chi connectivity index (χ0n) is 13.6. The first-order valence-electron chi connectivity index (χ1n) is 7.50. The van der Waals surface area contributed by atoms with E-state index in [1.165, 1.54) is 7.11 Å². The van der Waals surface area contributed by atoms with Gasteiger partial charge < -0.3 is 14.8 Å². The van der Waals surface area contributed by atoms with Gasteiger partial charge in [0.2, 0.25) is 0 Å². The highest BCUT2D eigenvalue weighted by molar-refractivity contribution is 5.80. The molecule has 1 rings (SSSR count). The summed E-state index contributed by atoms with van der Waals surface area (Å²) in [5.41, 5.74) is -0.767. The normalized spacial score (nSPS) is 27.1. The average molecular weight is 286 g/mol. The number of hydrogen-bond acceptors (Lipinski definition) is 5. The number of nitrogens with one attached hydrogen (secondary N) is 1. The van der Waals surface area contributed by atoms with Gasteiger partial charge in [0.25, 0.3) is 0 Å². The van der Waals surface area contributed by atoms with Gasteiger partial charge in [-0.15, -0.1) is 0 Å². The zero-order valence-corrected chi connectivity index (χ0v) is 13.6. The Balaban J connectivity index is 2.71. The molecule has 2 unspecified atom stereocenters. The van der Waals surface area contributed by atoms with Crippen LogP contribution < -0.4 is 5.32 Å². The number of methoxy groups -OCH3 is 2. The summed E-state index contributed by atoms with van der Waals surface area (Å²) in [7, 11) is 3.21. The van der Waals surface area contributed by atoms with Crippen molar-refractivity contribution in [1.29, 1.82) is 0 Å². The van der Waals surface area contributed by atoms with Crippen molar-refractivity contribution in [2.24, 2.45) is 0 Å². The third-order valence-corrected chi connectivity index (χ3v) is 4.17. The second-order valence-electron chi connectivity index (χ2n) is 6.22. The summed E-state index contributed by atoms with van der Waals surface area (Å²) in [5.74, 6) is -0.198. The van der Waals surface area contributed by atoms with Crippen molar-refractivity contribution in [3.63, 3.8) is 0 Å². The predicted molar refractivity (Wildman–Crippen MR) is 79.8 cm³/mol. The molecule has 1 N–H and O–H groups in total. The van der Waals surface area contributed by atoms with E-state index in [-0.39, 0.29) is 11.6 Å². The Kier molecular flexibility index (Phi) is 6.43. The van der Waals surface area contributed by atoms with E-state index in [0.29, 0.717) is 6.54 Å². The molecular weight excluding hydrogens is 256 g/mol. The van der Waals surface area contributed by atoms with Gasteiger partial charge in [0.05, 0.1) is 12.7 Å². The molecule has 20 heavy (non-hydrogen) atoms. The van der Waals surface area contributed by atoms with Crippen LogP contribution in [-0.2, 0) is 14.3 Å². The average Bonchev–Trinajstić information content (AvgIpc) is 2.44. The Hall–Kier alpha value is -0.650. The number of ether oxygens (including phenoxy) is 2. The molecule has 0 bridgehead atoms. The molecule has 0 amide bonds. The number of piperidine rings is 1. The van der Waals surface area contributed by atoms with Gasteiger partial charge in [-0.05, 0) is 46.2 Å². The van der Waals surface area contributed by atoms with E-state index in [0.717, 1.165) is 38.9 Å². The van der Waals surface area contributed by atoms with Gasteiger partial charge in [0.1, 0.15) is 5.54 Å². The minimum absolute atomic E-state index is 0.111. The fourth-order valence-corrected chi connectivity index (χ4v) is 2.88. The zero-order chi connectivity index (χ0) is 15.2. The maximum Gasteiger partial charge on any atom is 0.327 e. The number of esters is 1. The van der Waals surface area contributed by atoms with Gasteiger partial charge in [-0.1, -0.05) is 6.92 Å². The summed E-state index contributed by atoms with van der Waals surface area (Å²) in [5, 5.41) is 3.33. The summed E-state index contributed by atoms with van der Waals surface area (Å²) in [6.45, 7) is 9.46. The van der Waals surface area contributed by atoms with E-state index >= 15 is 0 Å². The molecular formula is C15H30N2O3. The van der Waals surface area contributed by atoms with Crippen LogP contribution in [0.1, 0.15) is 40.0 Å². The van der Waals surface area contributed by atoms with E-state index in [9.17, 15) is 4.79 Å². The Morgan fingerprint density at radius 2 is 2.15 bits per heavy atom. The third kappa shape index (κ3) is 4.43. The Labute approximate surface area is 123 Å². The standard InChI is InChI=1S/C15H30N2O3/c1-6-9-16-15(3,13(18)19-4)12-17-10-7-8-14(2,11-17)20-5/h16H,6-12H2,1-5H3. The second kappa shape index (κ2) is 7.38. The van der Waals surface area contributed by atoms with Crippen molar-refractivity contribution < 1.29 is 14.3 Å². The van der Waals surface area contributed by atoms with Gasteiger partial charge in [-0.2, -0.15) is 0 Å². The largest absolute Gasteiger partial charge is 0.468 e. The number of likely N-dealkylation sites (tertiary alicyclic amines) is 1. The first kappa shape index (κ1) is 17.4. The van der Waals surface area contributed by atoms with Gasteiger partial charge in [-0.25, -0.2) is 0 Å². The molecule has 5 nitrogen and oxygen atoms in total. The molecule has 0 spiro atoms. The smallest absolute Gasteiger partial charge is 0.327 e. The lowest BCUT2D eigenvalue weighted by Crippen LogP contribution is -2.60. The fraction of sp³-hybridized carbons (Fsp3) is 0.933. The van der Waals surface area contributed by atoms with Crippen LogP contribution in [0.2, 0.25) is 0 Å². The minimum Gasteiger partial charge on any atom is -0.468 e. The van der Waals surface area contributed by atoms with E-state index < -0.39 is 5.54 Å². The number of nitrogens with zero attached hydrogens (tertiary/aromatic N) is 1. The Morgan fingerprint density at radius 3 is 2.70 bits per heavy atom. The molecule has 0 aromatic rings. The first-order valence-corrected chi connectivity index (χ1v) is 7.50. The highest BCUT2D eigenvalue weighted by atomic mass is 16.5. The van der Waals surface area contributed by atoms with Crippen molar-refractivity contribution in [1.82, 2.24) is 10.2 Å². The van der Waals surface area contributed by atoms with Crippen molar-refractivity contribution in [3.05, 3.63) is 0 Å². The van der Waals surface area contributed by atoms with Crippen LogP contribution in [0.5, 0.6) is 0 Å². The highest BCUT2D eigenvalue weighted by Gasteiger charge is 2.39. The SMILES string of the molecule is CCCNC(C)(CN1CCCC(C)(OC)C1)C(=O)OC. The molecule has 0 aliphatic carbocycles. The summed E-state index contributed by atoms with van der Waals surface area (Å²) in [4.78, 5) is 14.4. The van der Waals surface area contributed by atoms with Crippen molar-refractivity contribution >= 4 is 5.97 Å². The van der Waals surface area contributed by atoms with E-state index in [2.05, 4.69) is 24.1 Å². The lowest BCUT2D eigenvalue weighted by atomic mass is 9.92. The Bertz CT molecular complexity index is 324. The van der Waals surface area contributed by atoms with Crippen LogP contribution in [0.3, 0.4) is 0 Å². The van der Waals surface area contributed by atoms with Crippen LogP contribution in [0.25, 0.3) is 0 Å². The number of rotatable bonds is 7. The van der Waals surface area contributed by atoms with Crippen LogP contribution in [0.15, 0.2) is 0 Å². The monoisotopic (exact) mass is 286 g/mol. The molecule has 1 aliphatic heterocycles. The third-order valence-electron chi connectivity index (χ3n) is 4.17. The van der Waals surface area contributed by atoms with Crippen LogP contribution in [0, 0.1) is 0 Å². The van der Waals surface area contributed by atoms with Gasteiger partial charge in [0, 0.05) is 20.2 Å². The van der Waals surface area contributed by atoms with Crippen LogP contribution in [0.4, 0.5) is 0 Å². The number of carbonyl (C=O) groups is 1. The summed E-state index contributed by atoms with van der Waals surface area (Å²) < 4.78 is 10.6. The molecule has 0 radical (unpaired) electrons. The Morgan fingerprint density at radius 1 is 1.45 bits per heavy atom. The van der Waals surface area contributed by atoms with E-state index in [4.69, 9.17) is 9.47 Å². The molecule has 1 heterocycles. The van der Waals surface area contributed by atoms with Crippen LogP contribution >= 0.6 is 0 Å². The lowest BCUT2D eigenvalue weighted by molar-refractivity contribution is -0.149. The molecule has 1 aliphatic rings. The topological polar surface area (TPSA) is 50.8 Å². The predicted octanol–water partition coefficient (Wildman–Crippen LogP) is 1.42. The lowest BCUT2D eigenvalue weighted by Gasteiger charge is -2.42. The maximum absolute atomic E-state index is 12.1. The van der Waals surface area contributed by atoms with E-state index in [1.807, 2.05) is 6.92 Å². The molecule has 118 valence electrons. The summed E-state index contributed by atoms with van der Waals surface area (Å²) in [6, 6.07) is 0. The van der Waals surface area contributed by atoms with Crippen molar-refractivity contribution in [2.75, 3.05) is 40.4 Å². The molecule has 1 saturated heterocycles. The second-order valence-corrected chi connectivity index (χ2v) is 6.22. The first-order chi connectivity index (χ1) is 9.39. The van der Waals surface area contributed by atoms with Gasteiger partial charge in [0.15, 0.2) is 0 Å². The molecule has 2 atom stereocenters. The maximum atomic E-state index is 12.1.